The Morgan fingerprint density at radius 2 is 2.15 bits per heavy atom. The van der Waals surface area contributed by atoms with Gasteiger partial charge in [-0.15, -0.1) is 0 Å². The predicted octanol–water partition coefficient (Wildman–Crippen LogP) is 2.10. The second kappa shape index (κ2) is 4.22. The number of benzene rings is 1. The van der Waals surface area contributed by atoms with Gasteiger partial charge in [0.05, 0.1) is 20.7 Å². The third kappa shape index (κ3) is 2.53. The number of hydrogen-bond donors (Lipinski definition) is 1. The molecule has 0 aliphatic rings. The summed E-state index contributed by atoms with van der Waals surface area (Å²) in [5.74, 6) is 0. The van der Waals surface area contributed by atoms with E-state index in [2.05, 4.69) is 0 Å². The molecule has 72 valence electrons. The van der Waals surface area contributed by atoms with Crippen molar-refractivity contribution in [1.29, 1.82) is 0 Å². The van der Waals surface area contributed by atoms with Crippen molar-refractivity contribution < 1.29 is 4.21 Å². The normalized spacial score (nSPS) is 15.4. The molecule has 1 rings (SSSR count). The van der Waals surface area contributed by atoms with Gasteiger partial charge in [0.1, 0.15) is 0 Å². The molecule has 2 unspecified atom stereocenters. The summed E-state index contributed by atoms with van der Waals surface area (Å²) in [4.78, 5) is 0.650. The molecule has 0 amide bonds. The molecule has 4 heteroatoms. The van der Waals surface area contributed by atoms with Crippen LogP contribution in [0.3, 0.4) is 0 Å². The molecule has 1 aromatic rings. The monoisotopic (exact) mass is 217 g/mol. The minimum absolute atomic E-state index is 0.0560. The summed E-state index contributed by atoms with van der Waals surface area (Å²) < 4.78 is 11.2. The summed E-state index contributed by atoms with van der Waals surface area (Å²) in [7, 11) is -1.05. The zero-order chi connectivity index (χ0) is 10.0. The van der Waals surface area contributed by atoms with E-state index in [1.54, 1.807) is 18.4 Å². The summed E-state index contributed by atoms with van der Waals surface area (Å²) in [5.41, 5.74) is 6.64. The van der Waals surface area contributed by atoms with Crippen molar-refractivity contribution in [3.05, 3.63) is 28.8 Å². The Hall–Kier alpha value is -0.380. The van der Waals surface area contributed by atoms with Gasteiger partial charge in [-0.3, -0.25) is 4.21 Å². The zero-order valence-electron chi connectivity index (χ0n) is 7.58. The number of nitrogens with two attached hydrogens (primary N) is 1. The summed E-state index contributed by atoms with van der Waals surface area (Å²) in [6, 6.07) is 5.32. The smallest absolute Gasteiger partial charge is 0.0574 e. The van der Waals surface area contributed by atoms with Crippen LogP contribution in [0.15, 0.2) is 23.1 Å². The highest BCUT2D eigenvalue weighted by molar-refractivity contribution is 7.84. The van der Waals surface area contributed by atoms with Crippen molar-refractivity contribution in [3.63, 3.8) is 0 Å². The SMILES string of the molecule is CC(N)c1ccc(Cl)c(S(C)=O)c1. The molecule has 0 aliphatic carbocycles. The maximum Gasteiger partial charge on any atom is 0.0574 e. The molecule has 13 heavy (non-hydrogen) atoms. The van der Waals surface area contributed by atoms with Crippen molar-refractivity contribution >= 4 is 22.4 Å². The Balaban J connectivity index is 3.19. The molecule has 0 spiro atoms. The van der Waals surface area contributed by atoms with E-state index in [0.717, 1.165) is 5.56 Å². The molecular weight excluding hydrogens is 206 g/mol. The van der Waals surface area contributed by atoms with Crippen LogP contribution in [-0.2, 0) is 10.8 Å². The first-order valence-electron chi connectivity index (χ1n) is 3.91. The lowest BCUT2D eigenvalue weighted by molar-refractivity contribution is 0.686. The lowest BCUT2D eigenvalue weighted by Crippen LogP contribution is -2.05. The molecule has 0 heterocycles. The van der Waals surface area contributed by atoms with Crippen LogP contribution in [0.1, 0.15) is 18.5 Å². The van der Waals surface area contributed by atoms with Crippen LogP contribution in [0.4, 0.5) is 0 Å². The van der Waals surface area contributed by atoms with E-state index in [-0.39, 0.29) is 6.04 Å². The van der Waals surface area contributed by atoms with Gasteiger partial charge >= 0.3 is 0 Å². The summed E-state index contributed by atoms with van der Waals surface area (Å²) in [6.45, 7) is 1.88. The van der Waals surface area contributed by atoms with Gasteiger partial charge in [0.25, 0.3) is 0 Å². The second-order valence-corrected chi connectivity index (χ2v) is 4.69. The van der Waals surface area contributed by atoms with Crippen LogP contribution in [0.5, 0.6) is 0 Å². The van der Waals surface area contributed by atoms with Crippen LogP contribution in [0, 0.1) is 0 Å². The molecule has 0 bridgehead atoms. The first-order valence-corrected chi connectivity index (χ1v) is 5.84. The fraction of sp³-hybridized carbons (Fsp3) is 0.333. The quantitative estimate of drug-likeness (QED) is 0.825. The first-order chi connectivity index (χ1) is 6.02. The van der Waals surface area contributed by atoms with Crippen LogP contribution >= 0.6 is 11.6 Å². The van der Waals surface area contributed by atoms with E-state index in [9.17, 15) is 4.21 Å². The predicted molar refractivity (Wildman–Crippen MR) is 56.4 cm³/mol. The summed E-state index contributed by atoms with van der Waals surface area (Å²) in [5, 5.41) is 0.533. The molecule has 0 saturated carbocycles. The van der Waals surface area contributed by atoms with Crippen LogP contribution in [0.25, 0.3) is 0 Å². The van der Waals surface area contributed by atoms with Gasteiger partial charge in [-0.25, -0.2) is 0 Å². The van der Waals surface area contributed by atoms with E-state index < -0.39 is 10.8 Å². The van der Waals surface area contributed by atoms with E-state index in [1.807, 2.05) is 13.0 Å². The highest BCUT2D eigenvalue weighted by Gasteiger charge is 2.07. The van der Waals surface area contributed by atoms with Gasteiger partial charge in [-0.2, -0.15) is 0 Å². The van der Waals surface area contributed by atoms with E-state index in [4.69, 9.17) is 17.3 Å². The lowest BCUT2D eigenvalue weighted by atomic mass is 10.1. The van der Waals surface area contributed by atoms with E-state index in [0.29, 0.717) is 9.92 Å². The van der Waals surface area contributed by atoms with Crippen molar-refractivity contribution in [3.8, 4) is 0 Å². The molecule has 0 aliphatic heterocycles. The van der Waals surface area contributed by atoms with Gasteiger partial charge in [-0.05, 0) is 24.6 Å². The molecule has 2 N–H and O–H groups in total. The molecule has 0 radical (unpaired) electrons. The average molecular weight is 218 g/mol. The molecule has 0 saturated heterocycles. The summed E-state index contributed by atoms with van der Waals surface area (Å²) in [6.07, 6.45) is 1.60. The Bertz CT molecular complexity index is 338. The maximum atomic E-state index is 11.2. The summed E-state index contributed by atoms with van der Waals surface area (Å²) >= 11 is 5.86. The molecule has 1 aromatic carbocycles. The highest BCUT2D eigenvalue weighted by Crippen LogP contribution is 2.22. The van der Waals surface area contributed by atoms with E-state index in [1.165, 1.54) is 0 Å². The van der Waals surface area contributed by atoms with Crippen LogP contribution < -0.4 is 5.73 Å². The van der Waals surface area contributed by atoms with Crippen molar-refractivity contribution in [2.24, 2.45) is 5.73 Å². The largest absolute Gasteiger partial charge is 0.324 e. The maximum absolute atomic E-state index is 11.2. The minimum atomic E-state index is -1.05. The third-order valence-electron chi connectivity index (χ3n) is 1.79. The third-order valence-corrected chi connectivity index (χ3v) is 3.19. The fourth-order valence-electron chi connectivity index (χ4n) is 1.02. The van der Waals surface area contributed by atoms with Gasteiger partial charge in [0.15, 0.2) is 0 Å². The van der Waals surface area contributed by atoms with Gasteiger partial charge in [0, 0.05) is 12.3 Å². The van der Waals surface area contributed by atoms with Gasteiger partial charge < -0.3 is 5.73 Å². The highest BCUT2D eigenvalue weighted by atomic mass is 35.5. The standard InChI is InChI=1S/C9H12ClNOS/c1-6(11)7-3-4-8(10)9(5-7)13(2)12/h3-6H,11H2,1-2H3. The fourth-order valence-corrected chi connectivity index (χ4v) is 2.11. The number of halogens is 1. The van der Waals surface area contributed by atoms with Crippen LogP contribution in [0.2, 0.25) is 5.02 Å². The Morgan fingerprint density at radius 3 is 2.62 bits per heavy atom. The molecule has 0 fully saturated rings. The van der Waals surface area contributed by atoms with Crippen molar-refractivity contribution in [1.82, 2.24) is 0 Å². The Labute approximate surface area is 85.5 Å². The lowest BCUT2D eigenvalue weighted by Gasteiger charge is -2.08. The zero-order valence-corrected chi connectivity index (χ0v) is 9.15. The molecule has 2 nitrogen and oxygen atoms in total. The Kier molecular flexibility index (Phi) is 3.47. The minimum Gasteiger partial charge on any atom is -0.324 e. The topological polar surface area (TPSA) is 43.1 Å². The van der Waals surface area contributed by atoms with Gasteiger partial charge in [0.2, 0.25) is 0 Å². The number of hydrogen-bond acceptors (Lipinski definition) is 2. The first kappa shape index (κ1) is 10.7. The molecular formula is C9H12ClNOS. The molecule has 2 atom stereocenters. The van der Waals surface area contributed by atoms with E-state index >= 15 is 0 Å². The van der Waals surface area contributed by atoms with Crippen LogP contribution in [-0.4, -0.2) is 10.5 Å². The average Bonchev–Trinajstić information content (AvgIpc) is 2.04. The molecule has 0 aromatic heterocycles. The van der Waals surface area contributed by atoms with Gasteiger partial charge in [-0.1, -0.05) is 17.7 Å². The Morgan fingerprint density at radius 1 is 1.54 bits per heavy atom. The van der Waals surface area contributed by atoms with Crippen molar-refractivity contribution in [2.45, 2.75) is 17.9 Å². The second-order valence-electron chi connectivity index (χ2n) is 2.93. The van der Waals surface area contributed by atoms with Crippen molar-refractivity contribution in [2.75, 3.05) is 6.26 Å². The number of rotatable bonds is 2.